The van der Waals surface area contributed by atoms with Crippen LogP contribution in [0.2, 0.25) is 0 Å². The zero-order chi connectivity index (χ0) is 16.9. The van der Waals surface area contributed by atoms with E-state index in [2.05, 4.69) is 20.4 Å². The van der Waals surface area contributed by atoms with Crippen molar-refractivity contribution in [2.45, 2.75) is 6.54 Å². The number of carbonyl (C=O) groups excluding carboxylic acids is 1. The number of pyridine rings is 1. The molecule has 2 amide bonds. The average Bonchev–Trinajstić information content (AvgIpc) is 3.09. The molecule has 1 saturated heterocycles. The quantitative estimate of drug-likeness (QED) is 0.915. The molecule has 0 unspecified atom stereocenters. The Morgan fingerprint density at radius 3 is 2.62 bits per heavy atom. The van der Waals surface area contributed by atoms with Crippen molar-refractivity contribution in [2.75, 3.05) is 50.5 Å². The number of aromatic nitrogens is 2. The highest BCUT2D eigenvalue weighted by Gasteiger charge is 2.21. The molecule has 1 aliphatic rings. The Labute approximate surface area is 141 Å². The van der Waals surface area contributed by atoms with Gasteiger partial charge in [-0.15, -0.1) is 0 Å². The third-order valence-electron chi connectivity index (χ3n) is 3.99. The molecule has 0 bridgehead atoms. The lowest BCUT2D eigenvalue weighted by molar-refractivity contribution is 0.141. The summed E-state index contributed by atoms with van der Waals surface area (Å²) in [5.41, 5.74) is 1.62. The monoisotopic (exact) mass is 330 g/mol. The normalized spacial score (nSPS) is 15.3. The highest BCUT2D eigenvalue weighted by atomic mass is 16.5. The first-order valence-electron chi connectivity index (χ1n) is 7.93. The van der Waals surface area contributed by atoms with Crippen LogP contribution in [0, 0.1) is 0 Å². The first kappa shape index (κ1) is 16.3. The first-order chi connectivity index (χ1) is 11.6. The van der Waals surface area contributed by atoms with Crippen LogP contribution >= 0.6 is 0 Å². The summed E-state index contributed by atoms with van der Waals surface area (Å²) >= 11 is 0. The van der Waals surface area contributed by atoms with Gasteiger partial charge in [0, 0.05) is 52.9 Å². The van der Waals surface area contributed by atoms with E-state index in [4.69, 9.17) is 4.52 Å². The Hall–Kier alpha value is -2.61. The molecule has 128 valence electrons. The zero-order valence-electron chi connectivity index (χ0n) is 14.0. The van der Waals surface area contributed by atoms with Crippen LogP contribution in [0.4, 0.5) is 16.3 Å². The zero-order valence-corrected chi connectivity index (χ0v) is 14.0. The second-order valence-electron chi connectivity index (χ2n) is 5.98. The second kappa shape index (κ2) is 7.31. The molecule has 3 heterocycles. The molecule has 0 aromatic carbocycles. The van der Waals surface area contributed by atoms with Crippen LogP contribution in [-0.4, -0.2) is 66.2 Å². The van der Waals surface area contributed by atoms with Gasteiger partial charge in [-0.3, -0.25) is 4.90 Å². The van der Waals surface area contributed by atoms with Crippen LogP contribution in [0.25, 0.3) is 0 Å². The smallest absolute Gasteiger partial charge is 0.321 e. The van der Waals surface area contributed by atoms with Crippen LogP contribution in [0.3, 0.4) is 0 Å². The Bertz CT molecular complexity index is 648. The van der Waals surface area contributed by atoms with Crippen molar-refractivity contribution >= 4 is 17.5 Å². The number of amides is 2. The summed E-state index contributed by atoms with van der Waals surface area (Å²) in [5, 5.41) is 6.82. The molecule has 2 aromatic heterocycles. The van der Waals surface area contributed by atoms with Gasteiger partial charge in [0.2, 0.25) is 0 Å². The Balaban J connectivity index is 1.48. The number of carbonyl (C=O) groups is 1. The molecule has 3 rings (SSSR count). The fourth-order valence-electron chi connectivity index (χ4n) is 2.58. The maximum atomic E-state index is 12.3. The van der Waals surface area contributed by atoms with E-state index >= 15 is 0 Å². The second-order valence-corrected chi connectivity index (χ2v) is 5.98. The minimum atomic E-state index is -0.0875. The number of urea groups is 1. The number of rotatable bonds is 4. The molecule has 8 heteroatoms. The van der Waals surface area contributed by atoms with Crippen LogP contribution < -0.4 is 10.2 Å². The number of anilines is 2. The summed E-state index contributed by atoms with van der Waals surface area (Å²) in [6, 6.07) is 5.52. The van der Waals surface area contributed by atoms with Crippen LogP contribution in [0.1, 0.15) is 5.69 Å². The lowest BCUT2D eigenvalue weighted by atomic mass is 10.3. The van der Waals surface area contributed by atoms with Crippen LogP contribution in [-0.2, 0) is 6.54 Å². The SMILES string of the molecule is CN(C)c1ccc(NC(=O)N2CCN(Cc3ccon3)CC2)cn1. The highest BCUT2D eigenvalue weighted by molar-refractivity contribution is 5.89. The number of piperazine rings is 1. The van der Waals surface area contributed by atoms with Gasteiger partial charge in [-0.05, 0) is 12.1 Å². The van der Waals surface area contributed by atoms with Crippen LogP contribution in [0.15, 0.2) is 35.2 Å². The van der Waals surface area contributed by atoms with E-state index in [1.165, 1.54) is 0 Å². The molecule has 0 atom stereocenters. The molecule has 2 aromatic rings. The van der Waals surface area contributed by atoms with Crippen LogP contribution in [0.5, 0.6) is 0 Å². The molecule has 0 aliphatic carbocycles. The van der Waals surface area contributed by atoms with Crippen molar-refractivity contribution in [1.82, 2.24) is 19.9 Å². The largest absolute Gasteiger partial charge is 0.364 e. The third kappa shape index (κ3) is 4.02. The van der Waals surface area contributed by atoms with Gasteiger partial charge in [-0.25, -0.2) is 9.78 Å². The summed E-state index contributed by atoms with van der Waals surface area (Å²) < 4.78 is 4.84. The maximum Gasteiger partial charge on any atom is 0.321 e. The Morgan fingerprint density at radius 2 is 2.04 bits per heavy atom. The maximum absolute atomic E-state index is 12.3. The van der Waals surface area contributed by atoms with Crippen molar-refractivity contribution in [3.05, 3.63) is 36.4 Å². The van der Waals surface area contributed by atoms with Gasteiger partial charge in [0.1, 0.15) is 12.1 Å². The predicted molar refractivity (Wildman–Crippen MR) is 90.9 cm³/mol. The number of nitrogens with one attached hydrogen (secondary N) is 1. The van der Waals surface area contributed by atoms with Gasteiger partial charge < -0.3 is 19.6 Å². The summed E-state index contributed by atoms with van der Waals surface area (Å²) in [5.74, 6) is 0.856. The number of hydrogen-bond donors (Lipinski definition) is 1. The molecule has 0 saturated carbocycles. The van der Waals surface area contributed by atoms with E-state index in [9.17, 15) is 4.79 Å². The third-order valence-corrected chi connectivity index (χ3v) is 3.99. The number of nitrogens with zero attached hydrogens (tertiary/aromatic N) is 5. The number of hydrogen-bond acceptors (Lipinski definition) is 6. The Kier molecular flexibility index (Phi) is 4.95. The minimum Gasteiger partial charge on any atom is -0.364 e. The average molecular weight is 330 g/mol. The molecule has 0 spiro atoms. The molecular formula is C16H22N6O2. The van der Waals surface area contributed by atoms with Gasteiger partial charge >= 0.3 is 6.03 Å². The molecule has 1 N–H and O–H groups in total. The summed E-state index contributed by atoms with van der Waals surface area (Å²) in [6.45, 7) is 3.76. The summed E-state index contributed by atoms with van der Waals surface area (Å²) in [7, 11) is 3.86. The summed E-state index contributed by atoms with van der Waals surface area (Å²) in [4.78, 5) is 22.6. The van der Waals surface area contributed by atoms with Gasteiger partial charge in [0.15, 0.2) is 0 Å². The topological polar surface area (TPSA) is 77.7 Å². The first-order valence-corrected chi connectivity index (χ1v) is 7.93. The molecule has 0 radical (unpaired) electrons. The molecule has 8 nitrogen and oxygen atoms in total. The van der Waals surface area contributed by atoms with Crippen molar-refractivity contribution in [3.63, 3.8) is 0 Å². The van der Waals surface area contributed by atoms with Gasteiger partial charge in [-0.1, -0.05) is 5.16 Å². The lowest BCUT2D eigenvalue weighted by Crippen LogP contribution is -2.49. The highest BCUT2D eigenvalue weighted by Crippen LogP contribution is 2.13. The van der Waals surface area contributed by atoms with Crippen molar-refractivity contribution in [3.8, 4) is 0 Å². The minimum absolute atomic E-state index is 0.0875. The molecule has 1 aliphatic heterocycles. The van der Waals surface area contributed by atoms with Crippen molar-refractivity contribution in [2.24, 2.45) is 0 Å². The van der Waals surface area contributed by atoms with E-state index in [0.717, 1.165) is 31.1 Å². The van der Waals surface area contributed by atoms with E-state index in [1.54, 1.807) is 12.5 Å². The molecule has 24 heavy (non-hydrogen) atoms. The van der Waals surface area contributed by atoms with E-state index in [-0.39, 0.29) is 6.03 Å². The van der Waals surface area contributed by atoms with E-state index in [1.807, 2.05) is 42.1 Å². The molecular weight excluding hydrogens is 308 g/mol. The van der Waals surface area contributed by atoms with E-state index in [0.29, 0.717) is 18.8 Å². The lowest BCUT2D eigenvalue weighted by Gasteiger charge is -2.34. The Morgan fingerprint density at radius 1 is 1.25 bits per heavy atom. The predicted octanol–water partition coefficient (Wildman–Crippen LogP) is 1.49. The van der Waals surface area contributed by atoms with E-state index < -0.39 is 0 Å². The van der Waals surface area contributed by atoms with Gasteiger partial charge in [0.25, 0.3) is 0 Å². The van der Waals surface area contributed by atoms with Crippen molar-refractivity contribution in [1.29, 1.82) is 0 Å². The fraction of sp³-hybridized carbons (Fsp3) is 0.438. The standard InChI is InChI=1S/C16H22N6O2/c1-20(2)15-4-3-13(11-17-15)18-16(23)22-8-6-21(7-9-22)12-14-5-10-24-19-14/h3-5,10-11H,6-9,12H2,1-2H3,(H,18,23). The summed E-state index contributed by atoms with van der Waals surface area (Å²) in [6.07, 6.45) is 3.25. The van der Waals surface area contributed by atoms with Crippen molar-refractivity contribution < 1.29 is 9.32 Å². The fourth-order valence-corrected chi connectivity index (χ4v) is 2.58. The molecule has 1 fully saturated rings. The van der Waals surface area contributed by atoms with Gasteiger partial charge in [-0.2, -0.15) is 0 Å². The van der Waals surface area contributed by atoms with Gasteiger partial charge in [0.05, 0.1) is 17.6 Å².